The van der Waals surface area contributed by atoms with E-state index in [-0.39, 0.29) is 18.5 Å². The summed E-state index contributed by atoms with van der Waals surface area (Å²) in [4.78, 5) is 12.9. The first kappa shape index (κ1) is 21.3. The molecule has 0 bridgehead atoms. The second-order valence-electron chi connectivity index (χ2n) is 6.76. The molecule has 9 heteroatoms. The highest BCUT2D eigenvalue weighted by atomic mass is 35.5. The molecule has 2 unspecified atom stereocenters. The molecule has 156 valence electrons. The molecule has 3 rings (SSSR count). The van der Waals surface area contributed by atoms with E-state index in [0.29, 0.717) is 22.9 Å². The summed E-state index contributed by atoms with van der Waals surface area (Å²) in [5.74, 6) is 0.634. The quantitative estimate of drug-likeness (QED) is 0.748. The topological polar surface area (TPSA) is 84.9 Å². The first-order valence-corrected chi connectivity index (χ1v) is 11.3. The van der Waals surface area contributed by atoms with Gasteiger partial charge in [0.25, 0.3) is 5.91 Å². The summed E-state index contributed by atoms with van der Waals surface area (Å²) < 4.78 is 36.7. The molecule has 7 nitrogen and oxygen atoms in total. The van der Waals surface area contributed by atoms with Crippen LogP contribution in [0.1, 0.15) is 24.9 Å². The first-order valence-electron chi connectivity index (χ1n) is 9.11. The van der Waals surface area contributed by atoms with Gasteiger partial charge in [0.05, 0.1) is 31.6 Å². The Bertz CT molecular complexity index is 994. The number of anilines is 1. The van der Waals surface area contributed by atoms with Crippen LogP contribution in [0.4, 0.5) is 5.69 Å². The van der Waals surface area contributed by atoms with Crippen molar-refractivity contribution in [2.75, 3.05) is 24.2 Å². The molecule has 1 aliphatic heterocycles. The van der Waals surface area contributed by atoms with Crippen LogP contribution >= 0.6 is 11.6 Å². The third kappa shape index (κ3) is 4.76. The van der Waals surface area contributed by atoms with Crippen molar-refractivity contribution >= 4 is 33.2 Å². The molecule has 1 aliphatic rings. The number of amides is 1. The number of benzene rings is 2. The zero-order valence-electron chi connectivity index (χ0n) is 16.4. The Balaban J connectivity index is 1.82. The highest BCUT2D eigenvalue weighted by Crippen LogP contribution is 2.37. The minimum atomic E-state index is -3.62. The number of methoxy groups -OCH3 is 1. The van der Waals surface area contributed by atoms with Gasteiger partial charge < -0.3 is 14.8 Å². The summed E-state index contributed by atoms with van der Waals surface area (Å²) in [5, 5.41) is 3.34. The molecule has 1 amide bonds. The van der Waals surface area contributed by atoms with Crippen molar-refractivity contribution in [1.29, 1.82) is 0 Å². The van der Waals surface area contributed by atoms with Crippen molar-refractivity contribution in [1.82, 2.24) is 5.32 Å². The van der Waals surface area contributed by atoms with Crippen molar-refractivity contribution in [3.63, 3.8) is 0 Å². The Labute approximate surface area is 175 Å². The van der Waals surface area contributed by atoms with E-state index in [2.05, 4.69) is 5.32 Å². The number of sulfonamides is 1. The molecule has 1 N–H and O–H groups in total. The Morgan fingerprint density at radius 1 is 1.31 bits per heavy atom. The lowest BCUT2D eigenvalue weighted by Crippen LogP contribution is -2.51. The van der Waals surface area contributed by atoms with Gasteiger partial charge in [-0.1, -0.05) is 30.7 Å². The molecule has 2 aromatic rings. The van der Waals surface area contributed by atoms with Gasteiger partial charge in [0, 0.05) is 5.02 Å². The van der Waals surface area contributed by atoms with Crippen LogP contribution in [-0.4, -0.2) is 40.3 Å². The van der Waals surface area contributed by atoms with Crippen LogP contribution in [0.15, 0.2) is 42.5 Å². The Morgan fingerprint density at radius 2 is 2.00 bits per heavy atom. The second kappa shape index (κ2) is 8.51. The van der Waals surface area contributed by atoms with Gasteiger partial charge in [-0.3, -0.25) is 9.10 Å². The largest absolute Gasteiger partial charge is 0.497 e. The van der Waals surface area contributed by atoms with Crippen LogP contribution in [0.3, 0.4) is 0 Å². The van der Waals surface area contributed by atoms with Gasteiger partial charge in [-0.15, -0.1) is 0 Å². The number of hydrogen-bond acceptors (Lipinski definition) is 5. The number of hydrogen-bond donors (Lipinski definition) is 1. The molecule has 0 aromatic heterocycles. The first-order chi connectivity index (χ1) is 13.7. The molecule has 0 spiro atoms. The maximum absolute atomic E-state index is 12.9. The molecule has 0 radical (unpaired) electrons. The van der Waals surface area contributed by atoms with Gasteiger partial charge in [0.15, 0.2) is 6.10 Å². The number of nitrogens with one attached hydrogen (secondary N) is 1. The van der Waals surface area contributed by atoms with Crippen molar-refractivity contribution in [2.45, 2.75) is 25.5 Å². The van der Waals surface area contributed by atoms with E-state index in [0.717, 1.165) is 21.9 Å². The maximum atomic E-state index is 12.9. The zero-order chi connectivity index (χ0) is 21.2. The van der Waals surface area contributed by atoms with E-state index >= 15 is 0 Å². The van der Waals surface area contributed by atoms with Crippen LogP contribution in [0, 0.1) is 0 Å². The average molecular weight is 439 g/mol. The summed E-state index contributed by atoms with van der Waals surface area (Å²) in [6, 6.07) is 11.8. The molecule has 0 aliphatic carbocycles. The molecular weight excluding hydrogens is 416 g/mol. The number of carbonyl (C=O) groups is 1. The van der Waals surface area contributed by atoms with Gasteiger partial charge in [-0.25, -0.2) is 8.42 Å². The summed E-state index contributed by atoms with van der Waals surface area (Å²) in [6.07, 6.45) is 0.766. The highest BCUT2D eigenvalue weighted by molar-refractivity contribution is 7.92. The second-order valence-corrected chi connectivity index (χ2v) is 9.10. The number of nitrogens with zero attached hydrogens (tertiary/aromatic N) is 1. The number of halogens is 1. The number of fused-ring (bicyclic) bond motifs is 1. The summed E-state index contributed by atoms with van der Waals surface area (Å²) in [7, 11) is -2.03. The van der Waals surface area contributed by atoms with Crippen LogP contribution in [-0.2, 0) is 14.8 Å². The standard InChI is InChI=1S/C20H23ClN2O5S/c1-4-16(13-5-8-15(27-2)9-6-13)22-20(24)19-12-23(29(3,25)26)17-11-14(21)7-10-18(17)28-19/h5-11,16,19H,4,12H2,1-3H3,(H,22,24). The van der Waals surface area contributed by atoms with Crippen LogP contribution in [0.25, 0.3) is 0 Å². The molecule has 1 heterocycles. The SMILES string of the molecule is CCC(NC(=O)C1CN(S(C)(=O)=O)c2cc(Cl)ccc2O1)c1ccc(OC)cc1. The van der Waals surface area contributed by atoms with Gasteiger partial charge in [-0.2, -0.15) is 0 Å². The number of carbonyl (C=O) groups excluding carboxylic acids is 1. The highest BCUT2D eigenvalue weighted by Gasteiger charge is 2.35. The van der Waals surface area contributed by atoms with Crippen LogP contribution < -0.4 is 19.1 Å². The van der Waals surface area contributed by atoms with Crippen molar-refractivity contribution in [2.24, 2.45) is 0 Å². The minimum absolute atomic E-state index is 0.128. The predicted molar refractivity (Wildman–Crippen MR) is 112 cm³/mol. The summed E-state index contributed by atoms with van der Waals surface area (Å²) in [6.45, 7) is 1.83. The Hall–Kier alpha value is -2.45. The van der Waals surface area contributed by atoms with Crippen molar-refractivity contribution < 1.29 is 22.7 Å². The average Bonchev–Trinajstić information content (AvgIpc) is 2.70. The third-order valence-corrected chi connectivity index (χ3v) is 6.11. The van der Waals surface area contributed by atoms with E-state index in [4.69, 9.17) is 21.1 Å². The molecule has 2 atom stereocenters. The molecule has 2 aromatic carbocycles. The predicted octanol–water partition coefficient (Wildman–Crippen LogP) is 3.14. The van der Waals surface area contributed by atoms with Gasteiger partial charge in [-0.05, 0) is 42.3 Å². The van der Waals surface area contributed by atoms with E-state index in [1.807, 2.05) is 31.2 Å². The number of rotatable bonds is 6. The fraction of sp³-hybridized carbons (Fsp3) is 0.350. The summed E-state index contributed by atoms with van der Waals surface area (Å²) >= 11 is 6.00. The van der Waals surface area contributed by atoms with E-state index in [1.54, 1.807) is 19.2 Å². The molecule has 0 saturated heterocycles. The normalized spacial score (nSPS) is 17.1. The molecular formula is C20H23ClN2O5S. The fourth-order valence-corrected chi connectivity index (χ4v) is 4.27. The lowest BCUT2D eigenvalue weighted by atomic mass is 10.0. The van der Waals surface area contributed by atoms with Crippen LogP contribution in [0.2, 0.25) is 5.02 Å². The fourth-order valence-electron chi connectivity index (χ4n) is 3.20. The van der Waals surface area contributed by atoms with E-state index in [9.17, 15) is 13.2 Å². The lowest BCUT2D eigenvalue weighted by molar-refractivity contribution is -0.128. The van der Waals surface area contributed by atoms with Crippen molar-refractivity contribution in [3.8, 4) is 11.5 Å². The smallest absolute Gasteiger partial charge is 0.263 e. The Morgan fingerprint density at radius 3 is 2.59 bits per heavy atom. The van der Waals surface area contributed by atoms with Crippen molar-refractivity contribution in [3.05, 3.63) is 53.1 Å². The number of ether oxygens (including phenoxy) is 2. The van der Waals surface area contributed by atoms with Gasteiger partial charge >= 0.3 is 0 Å². The Kier molecular flexibility index (Phi) is 6.24. The monoisotopic (exact) mass is 438 g/mol. The lowest BCUT2D eigenvalue weighted by Gasteiger charge is -2.34. The van der Waals surface area contributed by atoms with E-state index < -0.39 is 16.1 Å². The van der Waals surface area contributed by atoms with Gasteiger partial charge in [0.2, 0.25) is 10.0 Å². The third-order valence-electron chi connectivity index (χ3n) is 4.73. The summed E-state index contributed by atoms with van der Waals surface area (Å²) in [5.41, 5.74) is 1.25. The minimum Gasteiger partial charge on any atom is -0.497 e. The molecule has 29 heavy (non-hydrogen) atoms. The van der Waals surface area contributed by atoms with E-state index in [1.165, 1.54) is 6.07 Å². The maximum Gasteiger partial charge on any atom is 0.263 e. The zero-order valence-corrected chi connectivity index (χ0v) is 18.0. The van der Waals surface area contributed by atoms with Crippen LogP contribution in [0.5, 0.6) is 11.5 Å². The van der Waals surface area contributed by atoms with Gasteiger partial charge in [0.1, 0.15) is 11.5 Å². The molecule has 0 saturated carbocycles. The molecule has 0 fully saturated rings.